The van der Waals surface area contributed by atoms with E-state index in [0.717, 1.165) is 24.0 Å². The van der Waals surface area contributed by atoms with E-state index in [-0.39, 0.29) is 6.03 Å². The minimum atomic E-state index is -0.132. The third kappa shape index (κ3) is 3.79. The van der Waals surface area contributed by atoms with Crippen LogP contribution in [0.2, 0.25) is 4.34 Å². The molecule has 2 aromatic heterocycles. The number of nitrogens with one attached hydrogen (secondary N) is 1. The molecule has 118 valence electrons. The molecule has 6 nitrogen and oxygen atoms in total. The van der Waals surface area contributed by atoms with Crippen LogP contribution in [0.15, 0.2) is 22.7 Å². The van der Waals surface area contributed by atoms with E-state index in [2.05, 4.69) is 21.4 Å². The number of hydrogen-bond donors (Lipinski definition) is 1. The Balaban J connectivity index is 1.47. The van der Waals surface area contributed by atoms with Gasteiger partial charge in [-0.3, -0.25) is 10.2 Å². The minimum absolute atomic E-state index is 0.132. The normalized spacial score (nSPS) is 16.0. The Morgan fingerprint density at radius 1 is 1.41 bits per heavy atom. The van der Waals surface area contributed by atoms with Gasteiger partial charge in [-0.15, -0.1) is 11.3 Å². The standard InChI is InChI=1S/C14H17ClN4O2S/c1-10-8-13(17-21-10)16-14(20)19-6-4-18(5-7-19)9-11-2-3-12(15)22-11/h2-3,8H,4-7,9H2,1H3,(H,16,17,20). The Morgan fingerprint density at radius 2 is 2.18 bits per heavy atom. The summed E-state index contributed by atoms with van der Waals surface area (Å²) in [6, 6.07) is 5.55. The fourth-order valence-electron chi connectivity index (χ4n) is 2.38. The number of carbonyl (C=O) groups is 1. The van der Waals surface area contributed by atoms with E-state index in [0.29, 0.717) is 24.7 Å². The zero-order valence-electron chi connectivity index (χ0n) is 12.2. The number of halogens is 1. The van der Waals surface area contributed by atoms with E-state index >= 15 is 0 Å². The summed E-state index contributed by atoms with van der Waals surface area (Å²) in [4.78, 5) is 17.5. The highest BCUT2D eigenvalue weighted by Gasteiger charge is 2.22. The van der Waals surface area contributed by atoms with Crippen molar-refractivity contribution in [2.24, 2.45) is 0 Å². The number of thiophene rings is 1. The molecule has 3 heterocycles. The van der Waals surface area contributed by atoms with E-state index < -0.39 is 0 Å². The Labute approximate surface area is 137 Å². The van der Waals surface area contributed by atoms with Gasteiger partial charge < -0.3 is 9.42 Å². The molecule has 0 unspecified atom stereocenters. The number of urea groups is 1. The van der Waals surface area contributed by atoms with Crippen LogP contribution in [0.3, 0.4) is 0 Å². The lowest BCUT2D eigenvalue weighted by atomic mass is 10.3. The van der Waals surface area contributed by atoms with E-state index in [1.165, 1.54) is 4.88 Å². The SMILES string of the molecule is Cc1cc(NC(=O)N2CCN(Cc3ccc(Cl)s3)CC2)no1. The number of aryl methyl sites for hydroxylation is 1. The highest BCUT2D eigenvalue weighted by molar-refractivity contribution is 7.16. The molecule has 22 heavy (non-hydrogen) atoms. The summed E-state index contributed by atoms with van der Waals surface area (Å²) in [7, 11) is 0. The van der Waals surface area contributed by atoms with Crippen LogP contribution in [-0.4, -0.2) is 47.2 Å². The van der Waals surface area contributed by atoms with Crippen molar-refractivity contribution in [3.8, 4) is 0 Å². The Hall–Kier alpha value is -1.57. The van der Waals surface area contributed by atoms with Gasteiger partial charge >= 0.3 is 6.03 Å². The average Bonchev–Trinajstić information content (AvgIpc) is 3.08. The predicted octanol–water partition coefficient (Wildman–Crippen LogP) is 3.05. The maximum Gasteiger partial charge on any atom is 0.323 e. The van der Waals surface area contributed by atoms with Gasteiger partial charge in [-0.05, 0) is 19.1 Å². The van der Waals surface area contributed by atoms with Crippen LogP contribution >= 0.6 is 22.9 Å². The number of aromatic nitrogens is 1. The van der Waals surface area contributed by atoms with Crippen LogP contribution in [0.5, 0.6) is 0 Å². The number of hydrogen-bond acceptors (Lipinski definition) is 5. The molecule has 0 spiro atoms. The molecule has 1 fully saturated rings. The third-order valence-corrected chi connectivity index (χ3v) is 4.75. The lowest BCUT2D eigenvalue weighted by Crippen LogP contribution is -2.49. The smallest absolute Gasteiger partial charge is 0.323 e. The summed E-state index contributed by atoms with van der Waals surface area (Å²) in [5.41, 5.74) is 0. The van der Waals surface area contributed by atoms with Crippen LogP contribution < -0.4 is 5.32 Å². The van der Waals surface area contributed by atoms with Crippen molar-refractivity contribution in [2.45, 2.75) is 13.5 Å². The molecule has 1 saturated heterocycles. The van der Waals surface area contributed by atoms with E-state index in [1.807, 2.05) is 6.07 Å². The number of amides is 2. The summed E-state index contributed by atoms with van der Waals surface area (Å²) in [6.45, 7) is 5.76. The van der Waals surface area contributed by atoms with Crippen molar-refractivity contribution < 1.29 is 9.32 Å². The molecule has 0 radical (unpaired) electrons. The van der Waals surface area contributed by atoms with Crippen molar-refractivity contribution >= 4 is 34.8 Å². The molecule has 3 rings (SSSR count). The Morgan fingerprint density at radius 3 is 2.77 bits per heavy atom. The van der Waals surface area contributed by atoms with Gasteiger partial charge in [-0.1, -0.05) is 16.8 Å². The number of nitrogens with zero attached hydrogens (tertiary/aromatic N) is 3. The minimum Gasteiger partial charge on any atom is -0.360 e. The molecule has 0 atom stereocenters. The first-order valence-electron chi connectivity index (χ1n) is 7.06. The van der Waals surface area contributed by atoms with Crippen LogP contribution in [-0.2, 0) is 6.54 Å². The first-order chi connectivity index (χ1) is 10.6. The highest BCUT2D eigenvalue weighted by Crippen LogP contribution is 2.23. The molecule has 2 aromatic rings. The molecule has 2 amide bonds. The largest absolute Gasteiger partial charge is 0.360 e. The molecule has 8 heteroatoms. The van der Waals surface area contributed by atoms with Crippen molar-refractivity contribution in [1.29, 1.82) is 0 Å². The maximum absolute atomic E-state index is 12.1. The van der Waals surface area contributed by atoms with Crippen LogP contribution in [0, 0.1) is 6.92 Å². The van der Waals surface area contributed by atoms with Gasteiger partial charge in [0.05, 0.1) is 4.34 Å². The molecule has 1 aliphatic heterocycles. The molecule has 1 aliphatic rings. The Kier molecular flexibility index (Phi) is 4.66. The van der Waals surface area contributed by atoms with Crippen LogP contribution in [0.25, 0.3) is 0 Å². The lowest BCUT2D eigenvalue weighted by molar-refractivity contribution is 0.143. The maximum atomic E-state index is 12.1. The van der Waals surface area contributed by atoms with Gasteiger partial charge in [-0.25, -0.2) is 4.79 Å². The molecule has 0 aromatic carbocycles. The molecule has 0 aliphatic carbocycles. The molecular formula is C14H17ClN4O2S. The van der Waals surface area contributed by atoms with Gasteiger partial charge in [0.15, 0.2) is 5.82 Å². The van der Waals surface area contributed by atoms with E-state index in [4.69, 9.17) is 16.1 Å². The molecule has 1 N–H and O–H groups in total. The summed E-state index contributed by atoms with van der Waals surface area (Å²) >= 11 is 7.55. The van der Waals surface area contributed by atoms with Gasteiger partial charge in [0.2, 0.25) is 0 Å². The zero-order valence-corrected chi connectivity index (χ0v) is 13.8. The molecule has 0 saturated carbocycles. The Bertz CT molecular complexity index is 649. The van der Waals surface area contributed by atoms with Gasteiger partial charge in [0, 0.05) is 43.7 Å². The van der Waals surface area contributed by atoms with Crippen molar-refractivity contribution in [1.82, 2.24) is 15.0 Å². The van der Waals surface area contributed by atoms with E-state index in [1.54, 1.807) is 29.2 Å². The summed E-state index contributed by atoms with van der Waals surface area (Å²) < 4.78 is 5.75. The van der Waals surface area contributed by atoms with Crippen molar-refractivity contribution in [2.75, 3.05) is 31.5 Å². The second-order valence-corrected chi connectivity index (χ2v) is 7.02. The van der Waals surface area contributed by atoms with Gasteiger partial charge in [0.1, 0.15) is 5.76 Å². The predicted molar refractivity (Wildman–Crippen MR) is 86.4 cm³/mol. The first kappa shape index (κ1) is 15.3. The number of piperazine rings is 1. The van der Waals surface area contributed by atoms with Crippen LogP contribution in [0.1, 0.15) is 10.6 Å². The summed E-state index contributed by atoms with van der Waals surface area (Å²) in [5.74, 6) is 1.13. The van der Waals surface area contributed by atoms with Crippen molar-refractivity contribution in [3.05, 3.63) is 33.2 Å². The number of carbonyl (C=O) groups excluding carboxylic acids is 1. The third-order valence-electron chi connectivity index (χ3n) is 3.53. The van der Waals surface area contributed by atoms with Crippen LogP contribution in [0.4, 0.5) is 10.6 Å². The average molecular weight is 341 g/mol. The topological polar surface area (TPSA) is 61.6 Å². The van der Waals surface area contributed by atoms with Crippen molar-refractivity contribution in [3.63, 3.8) is 0 Å². The quantitative estimate of drug-likeness (QED) is 0.932. The number of anilines is 1. The fourth-order valence-corrected chi connectivity index (χ4v) is 3.51. The lowest BCUT2D eigenvalue weighted by Gasteiger charge is -2.34. The van der Waals surface area contributed by atoms with Gasteiger partial charge in [0.25, 0.3) is 0 Å². The zero-order chi connectivity index (χ0) is 15.5. The first-order valence-corrected chi connectivity index (χ1v) is 8.25. The summed E-state index contributed by atoms with van der Waals surface area (Å²) in [5, 5.41) is 6.52. The molecule has 0 bridgehead atoms. The second-order valence-electron chi connectivity index (χ2n) is 5.22. The van der Waals surface area contributed by atoms with Gasteiger partial charge in [-0.2, -0.15) is 0 Å². The second kappa shape index (κ2) is 6.68. The monoisotopic (exact) mass is 340 g/mol. The highest BCUT2D eigenvalue weighted by atomic mass is 35.5. The fraction of sp³-hybridized carbons (Fsp3) is 0.429. The number of rotatable bonds is 3. The molecular weight excluding hydrogens is 324 g/mol. The van der Waals surface area contributed by atoms with E-state index in [9.17, 15) is 4.79 Å². The summed E-state index contributed by atoms with van der Waals surface area (Å²) in [6.07, 6.45) is 0.